The Balaban J connectivity index is 2.26. The molecule has 0 amide bonds. The van der Waals surface area contributed by atoms with E-state index in [0.29, 0.717) is 17.6 Å². The summed E-state index contributed by atoms with van der Waals surface area (Å²) in [5.41, 5.74) is 6.82. The minimum Gasteiger partial charge on any atom is -0.383 e. The Morgan fingerprint density at radius 1 is 1.11 bits per heavy atom. The number of para-hydroxylation sites is 1. The van der Waals surface area contributed by atoms with E-state index in [4.69, 9.17) is 5.73 Å². The van der Waals surface area contributed by atoms with E-state index >= 15 is 0 Å². The highest BCUT2D eigenvalue weighted by Gasteiger charge is 2.08. The lowest BCUT2D eigenvalue weighted by atomic mass is 10.3. The average molecular weight is 257 g/mol. The van der Waals surface area contributed by atoms with Crippen molar-refractivity contribution in [1.29, 1.82) is 0 Å². The lowest BCUT2D eigenvalue weighted by molar-refractivity contribution is 0.824. The van der Waals surface area contributed by atoms with Crippen molar-refractivity contribution in [3.8, 4) is 0 Å². The Bertz CT molecular complexity index is 523. The molecular weight excluding hydrogens is 238 g/mol. The minimum absolute atomic E-state index is 0.468. The fraction of sp³-hybridized carbons (Fsp3) is 0.286. The number of hydrogen-bond acceptors (Lipinski definition) is 5. The van der Waals surface area contributed by atoms with Gasteiger partial charge in [-0.2, -0.15) is 9.97 Å². The number of aromatic nitrogens is 2. The van der Waals surface area contributed by atoms with Crippen LogP contribution in [-0.4, -0.2) is 23.1 Å². The van der Waals surface area contributed by atoms with Gasteiger partial charge in [0.15, 0.2) is 0 Å². The normalized spacial score (nSPS) is 10.2. The first-order valence-electron chi connectivity index (χ1n) is 6.44. The molecule has 0 aliphatic carbocycles. The molecule has 2 rings (SSSR count). The number of nitrogens with zero attached hydrogens (tertiary/aromatic N) is 3. The maximum Gasteiger partial charge on any atom is 0.229 e. The predicted octanol–water partition coefficient (Wildman–Crippen LogP) is 2.65. The van der Waals surface area contributed by atoms with Gasteiger partial charge in [0, 0.05) is 24.8 Å². The maximum atomic E-state index is 5.84. The van der Waals surface area contributed by atoms with Gasteiger partial charge in [-0.25, -0.2) is 0 Å². The molecule has 0 aliphatic rings. The second-order valence-corrected chi connectivity index (χ2v) is 4.14. The summed E-state index contributed by atoms with van der Waals surface area (Å²) in [7, 11) is 0. The standard InChI is InChI=1S/C14H19N5/c1-3-19(4-2)14-17-12(15)10-13(18-14)16-11-8-6-5-7-9-11/h5-10H,3-4H2,1-2H3,(H3,15,16,17,18). The van der Waals surface area contributed by atoms with Gasteiger partial charge >= 0.3 is 0 Å². The fourth-order valence-electron chi connectivity index (χ4n) is 1.83. The molecular formula is C14H19N5. The highest BCUT2D eigenvalue weighted by molar-refractivity contribution is 5.60. The summed E-state index contributed by atoms with van der Waals surface area (Å²) >= 11 is 0. The molecule has 0 aliphatic heterocycles. The number of benzene rings is 1. The van der Waals surface area contributed by atoms with E-state index in [2.05, 4.69) is 34.0 Å². The average Bonchev–Trinajstić information content (AvgIpc) is 2.40. The first kappa shape index (κ1) is 13.1. The van der Waals surface area contributed by atoms with Gasteiger partial charge in [0.05, 0.1) is 0 Å². The summed E-state index contributed by atoms with van der Waals surface area (Å²) in [6.45, 7) is 5.84. The highest BCUT2D eigenvalue weighted by Crippen LogP contribution is 2.19. The van der Waals surface area contributed by atoms with E-state index < -0.39 is 0 Å². The van der Waals surface area contributed by atoms with E-state index in [9.17, 15) is 0 Å². The van der Waals surface area contributed by atoms with E-state index in [1.165, 1.54) is 0 Å². The first-order valence-corrected chi connectivity index (χ1v) is 6.44. The number of nitrogens with two attached hydrogens (primary N) is 1. The molecule has 0 saturated carbocycles. The smallest absolute Gasteiger partial charge is 0.229 e. The molecule has 100 valence electrons. The Kier molecular flexibility index (Phi) is 4.18. The molecule has 5 nitrogen and oxygen atoms in total. The quantitative estimate of drug-likeness (QED) is 0.862. The number of anilines is 4. The Hall–Kier alpha value is -2.30. The van der Waals surface area contributed by atoms with Crippen LogP contribution >= 0.6 is 0 Å². The second kappa shape index (κ2) is 6.04. The first-order chi connectivity index (χ1) is 9.22. The highest BCUT2D eigenvalue weighted by atomic mass is 15.3. The third-order valence-electron chi connectivity index (χ3n) is 2.83. The molecule has 0 spiro atoms. The molecule has 19 heavy (non-hydrogen) atoms. The lowest BCUT2D eigenvalue weighted by Gasteiger charge is -2.19. The van der Waals surface area contributed by atoms with Crippen molar-refractivity contribution in [2.75, 3.05) is 29.0 Å². The predicted molar refractivity (Wildman–Crippen MR) is 79.7 cm³/mol. The Labute approximate surface area is 113 Å². The van der Waals surface area contributed by atoms with Crippen molar-refractivity contribution in [3.05, 3.63) is 36.4 Å². The van der Waals surface area contributed by atoms with Gasteiger partial charge < -0.3 is 16.0 Å². The summed E-state index contributed by atoms with van der Waals surface area (Å²) in [5, 5.41) is 3.23. The van der Waals surface area contributed by atoms with Crippen LogP contribution in [0.25, 0.3) is 0 Å². The van der Waals surface area contributed by atoms with E-state index in [1.54, 1.807) is 6.07 Å². The SMILES string of the molecule is CCN(CC)c1nc(N)cc(Nc2ccccc2)n1. The van der Waals surface area contributed by atoms with Crippen molar-refractivity contribution < 1.29 is 0 Å². The Morgan fingerprint density at radius 3 is 2.42 bits per heavy atom. The minimum atomic E-state index is 0.468. The molecule has 1 aromatic carbocycles. The van der Waals surface area contributed by atoms with Gasteiger partial charge in [-0.1, -0.05) is 18.2 Å². The zero-order chi connectivity index (χ0) is 13.7. The van der Waals surface area contributed by atoms with Crippen LogP contribution in [0, 0.1) is 0 Å². The van der Waals surface area contributed by atoms with Crippen LogP contribution in [0.15, 0.2) is 36.4 Å². The van der Waals surface area contributed by atoms with E-state index in [0.717, 1.165) is 18.8 Å². The number of rotatable bonds is 5. The van der Waals surface area contributed by atoms with Crippen LogP contribution in [-0.2, 0) is 0 Å². The van der Waals surface area contributed by atoms with Gasteiger partial charge in [0.2, 0.25) is 5.95 Å². The molecule has 0 fully saturated rings. The molecule has 0 bridgehead atoms. The summed E-state index contributed by atoms with van der Waals surface area (Å²) < 4.78 is 0. The van der Waals surface area contributed by atoms with Gasteiger partial charge in [0.1, 0.15) is 11.6 Å². The van der Waals surface area contributed by atoms with Crippen molar-refractivity contribution in [2.24, 2.45) is 0 Å². The molecule has 2 aromatic rings. The maximum absolute atomic E-state index is 5.84. The van der Waals surface area contributed by atoms with Crippen molar-refractivity contribution in [1.82, 2.24) is 9.97 Å². The van der Waals surface area contributed by atoms with Gasteiger partial charge in [-0.3, -0.25) is 0 Å². The molecule has 5 heteroatoms. The van der Waals surface area contributed by atoms with Gasteiger partial charge in [-0.05, 0) is 26.0 Å². The summed E-state index contributed by atoms with van der Waals surface area (Å²) in [4.78, 5) is 10.8. The third-order valence-corrected chi connectivity index (χ3v) is 2.83. The largest absolute Gasteiger partial charge is 0.383 e. The number of nitrogens with one attached hydrogen (secondary N) is 1. The lowest BCUT2D eigenvalue weighted by Crippen LogP contribution is -2.24. The van der Waals surface area contributed by atoms with Crippen LogP contribution in [0.5, 0.6) is 0 Å². The third kappa shape index (κ3) is 3.34. The molecule has 0 atom stereocenters. The van der Waals surface area contributed by atoms with Crippen molar-refractivity contribution in [2.45, 2.75) is 13.8 Å². The summed E-state index contributed by atoms with van der Waals surface area (Å²) in [6, 6.07) is 11.6. The monoisotopic (exact) mass is 257 g/mol. The zero-order valence-corrected chi connectivity index (χ0v) is 11.3. The molecule has 0 saturated heterocycles. The fourth-order valence-corrected chi connectivity index (χ4v) is 1.83. The van der Waals surface area contributed by atoms with Crippen LogP contribution in [0.2, 0.25) is 0 Å². The zero-order valence-electron chi connectivity index (χ0n) is 11.3. The van der Waals surface area contributed by atoms with Crippen LogP contribution < -0.4 is 16.0 Å². The van der Waals surface area contributed by atoms with E-state index in [1.807, 2.05) is 30.3 Å². The van der Waals surface area contributed by atoms with E-state index in [-0.39, 0.29) is 0 Å². The second-order valence-electron chi connectivity index (χ2n) is 4.14. The van der Waals surface area contributed by atoms with Crippen LogP contribution in [0.3, 0.4) is 0 Å². The Morgan fingerprint density at radius 2 is 1.79 bits per heavy atom. The summed E-state index contributed by atoms with van der Waals surface area (Å²) in [5.74, 6) is 1.83. The number of nitrogen functional groups attached to an aromatic ring is 1. The van der Waals surface area contributed by atoms with Crippen molar-refractivity contribution >= 4 is 23.3 Å². The topological polar surface area (TPSA) is 67.1 Å². The number of hydrogen-bond donors (Lipinski definition) is 2. The molecule has 1 aromatic heterocycles. The van der Waals surface area contributed by atoms with Crippen LogP contribution in [0.4, 0.5) is 23.3 Å². The molecule has 3 N–H and O–H groups in total. The summed E-state index contributed by atoms with van der Waals surface area (Å²) in [6.07, 6.45) is 0. The van der Waals surface area contributed by atoms with Crippen LogP contribution in [0.1, 0.15) is 13.8 Å². The van der Waals surface area contributed by atoms with Crippen molar-refractivity contribution in [3.63, 3.8) is 0 Å². The molecule has 0 radical (unpaired) electrons. The molecule has 0 unspecified atom stereocenters. The molecule has 1 heterocycles. The van der Waals surface area contributed by atoms with Gasteiger partial charge in [0.25, 0.3) is 0 Å². The van der Waals surface area contributed by atoms with Gasteiger partial charge in [-0.15, -0.1) is 0 Å².